The number of benzene rings is 1. The van der Waals surface area contributed by atoms with Gasteiger partial charge in [-0.05, 0) is 68.5 Å². The van der Waals surface area contributed by atoms with E-state index >= 15 is 0 Å². The van der Waals surface area contributed by atoms with E-state index in [1.807, 2.05) is 12.1 Å². The Kier molecular flexibility index (Phi) is 4.28. The van der Waals surface area contributed by atoms with E-state index in [1.54, 1.807) is 0 Å². The molecule has 0 spiro atoms. The van der Waals surface area contributed by atoms with Crippen molar-refractivity contribution in [1.29, 1.82) is 0 Å². The average Bonchev–Trinajstić information content (AvgIpc) is 2.35. The van der Waals surface area contributed by atoms with E-state index in [9.17, 15) is 5.11 Å². The summed E-state index contributed by atoms with van der Waals surface area (Å²) in [5, 5.41) is 9.69. The van der Waals surface area contributed by atoms with Crippen LogP contribution in [0.25, 0.3) is 0 Å². The van der Waals surface area contributed by atoms with Crippen molar-refractivity contribution < 1.29 is 5.11 Å². The van der Waals surface area contributed by atoms with Crippen LogP contribution in [0.4, 0.5) is 0 Å². The molecular formula is C16H25NO. The SMILES string of the molecule is CC(C)CCN(C)C1CCCc2ccc(O)cc21. The molecule has 2 heteroatoms. The lowest BCUT2D eigenvalue weighted by molar-refractivity contribution is 0.210. The fraction of sp³-hybridized carbons (Fsp3) is 0.625. The smallest absolute Gasteiger partial charge is 0.115 e. The highest BCUT2D eigenvalue weighted by molar-refractivity contribution is 5.38. The van der Waals surface area contributed by atoms with Crippen molar-refractivity contribution in [2.45, 2.75) is 45.6 Å². The number of hydrogen-bond donors (Lipinski definition) is 1. The summed E-state index contributed by atoms with van der Waals surface area (Å²) >= 11 is 0. The molecule has 18 heavy (non-hydrogen) atoms. The second-order valence-electron chi connectivity index (χ2n) is 5.95. The zero-order valence-electron chi connectivity index (χ0n) is 11.8. The van der Waals surface area contributed by atoms with Gasteiger partial charge in [-0.2, -0.15) is 0 Å². The van der Waals surface area contributed by atoms with Gasteiger partial charge in [-0.1, -0.05) is 19.9 Å². The second-order valence-corrected chi connectivity index (χ2v) is 5.95. The van der Waals surface area contributed by atoms with Crippen LogP contribution < -0.4 is 0 Å². The van der Waals surface area contributed by atoms with Crippen molar-refractivity contribution in [3.05, 3.63) is 29.3 Å². The van der Waals surface area contributed by atoms with E-state index in [4.69, 9.17) is 0 Å². The summed E-state index contributed by atoms with van der Waals surface area (Å²) in [6.45, 7) is 5.68. The molecular weight excluding hydrogens is 222 g/mol. The van der Waals surface area contributed by atoms with E-state index < -0.39 is 0 Å². The van der Waals surface area contributed by atoms with Crippen molar-refractivity contribution >= 4 is 0 Å². The first-order valence-corrected chi connectivity index (χ1v) is 7.10. The topological polar surface area (TPSA) is 23.5 Å². The van der Waals surface area contributed by atoms with E-state index in [0.717, 1.165) is 18.9 Å². The minimum atomic E-state index is 0.401. The second kappa shape index (κ2) is 5.75. The fourth-order valence-corrected chi connectivity index (χ4v) is 2.84. The van der Waals surface area contributed by atoms with Crippen LogP contribution in [0.1, 0.15) is 50.3 Å². The first-order valence-electron chi connectivity index (χ1n) is 7.10. The molecule has 1 atom stereocenters. The zero-order chi connectivity index (χ0) is 13.1. The van der Waals surface area contributed by atoms with Crippen LogP contribution in [0.3, 0.4) is 0 Å². The van der Waals surface area contributed by atoms with E-state index in [2.05, 4.69) is 31.9 Å². The Morgan fingerprint density at radius 2 is 2.17 bits per heavy atom. The summed E-state index contributed by atoms with van der Waals surface area (Å²) in [5.41, 5.74) is 2.76. The summed E-state index contributed by atoms with van der Waals surface area (Å²) in [7, 11) is 2.21. The molecule has 0 aromatic heterocycles. The maximum atomic E-state index is 9.69. The van der Waals surface area contributed by atoms with E-state index in [-0.39, 0.29) is 0 Å². The Bertz CT molecular complexity index is 400. The molecule has 2 nitrogen and oxygen atoms in total. The fourth-order valence-electron chi connectivity index (χ4n) is 2.84. The third kappa shape index (κ3) is 3.05. The third-order valence-corrected chi connectivity index (χ3v) is 4.00. The lowest BCUT2D eigenvalue weighted by Crippen LogP contribution is -2.29. The molecule has 1 aromatic rings. The Labute approximate surface area is 111 Å². The molecule has 100 valence electrons. The Morgan fingerprint density at radius 1 is 1.39 bits per heavy atom. The molecule has 2 rings (SSSR count). The van der Waals surface area contributed by atoms with Gasteiger partial charge in [-0.25, -0.2) is 0 Å². The minimum Gasteiger partial charge on any atom is -0.508 e. The quantitative estimate of drug-likeness (QED) is 0.876. The van der Waals surface area contributed by atoms with Crippen LogP contribution in [0.15, 0.2) is 18.2 Å². The highest BCUT2D eigenvalue weighted by atomic mass is 16.3. The van der Waals surface area contributed by atoms with E-state index in [0.29, 0.717) is 11.8 Å². The van der Waals surface area contributed by atoms with Crippen molar-refractivity contribution in [2.75, 3.05) is 13.6 Å². The number of nitrogens with zero attached hydrogens (tertiary/aromatic N) is 1. The largest absolute Gasteiger partial charge is 0.508 e. The molecule has 0 aliphatic heterocycles. The van der Waals surface area contributed by atoms with Gasteiger partial charge >= 0.3 is 0 Å². The van der Waals surface area contributed by atoms with Crippen LogP contribution in [-0.4, -0.2) is 23.6 Å². The van der Waals surface area contributed by atoms with E-state index in [1.165, 1.54) is 30.4 Å². The summed E-state index contributed by atoms with van der Waals surface area (Å²) < 4.78 is 0. The predicted molar refractivity (Wildman–Crippen MR) is 75.9 cm³/mol. The molecule has 0 heterocycles. The summed E-state index contributed by atoms with van der Waals surface area (Å²) in [5.74, 6) is 1.15. The molecule has 0 bridgehead atoms. The Hall–Kier alpha value is -1.02. The molecule has 1 aliphatic rings. The van der Waals surface area contributed by atoms with Gasteiger partial charge in [0, 0.05) is 6.04 Å². The maximum absolute atomic E-state index is 9.69. The highest BCUT2D eigenvalue weighted by Gasteiger charge is 2.23. The number of hydrogen-bond acceptors (Lipinski definition) is 2. The zero-order valence-corrected chi connectivity index (χ0v) is 11.8. The number of aromatic hydroxyl groups is 1. The van der Waals surface area contributed by atoms with Gasteiger partial charge in [-0.3, -0.25) is 4.90 Å². The number of aryl methyl sites for hydroxylation is 1. The summed E-state index contributed by atoms with van der Waals surface area (Å²) in [6, 6.07) is 6.35. The van der Waals surface area contributed by atoms with Crippen LogP contribution in [-0.2, 0) is 6.42 Å². The van der Waals surface area contributed by atoms with Crippen LogP contribution >= 0.6 is 0 Å². The van der Waals surface area contributed by atoms with Crippen molar-refractivity contribution in [2.24, 2.45) is 5.92 Å². The molecule has 1 aliphatic carbocycles. The summed E-state index contributed by atoms with van der Waals surface area (Å²) in [4.78, 5) is 2.46. The number of rotatable bonds is 4. The molecule has 0 fully saturated rings. The van der Waals surface area contributed by atoms with Gasteiger partial charge in [0.1, 0.15) is 5.75 Å². The molecule has 0 amide bonds. The van der Waals surface area contributed by atoms with Crippen molar-refractivity contribution in [1.82, 2.24) is 4.90 Å². The maximum Gasteiger partial charge on any atom is 0.115 e. The molecule has 0 radical (unpaired) electrons. The molecule has 0 saturated carbocycles. The van der Waals surface area contributed by atoms with Gasteiger partial charge in [0.05, 0.1) is 0 Å². The molecule has 1 N–H and O–H groups in total. The van der Waals surface area contributed by atoms with Crippen LogP contribution in [0.2, 0.25) is 0 Å². The average molecular weight is 247 g/mol. The first-order chi connectivity index (χ1) is 8.58. The van der Waals surface area contributed by atoms with Gasteiger partial charge < -0.3 is 5.11 Å². The molecule has 1 unspecified atom stereocenters. The number of phenolic OH excluding ortho intramolecular Hbond substituents is 1. The summed E-state index contributed by atoms with van der Waals surface area (Å²) in [6.07, 6.45) is 4.87. The monoisotopic (exact) mass is 247 g/mol. The molecule has 0 saturated heterocycles. The standard InChI is InChI=1S/C16H25NO/c1-12(2)9-10-17(3)16-6-4-5-13-7-8-14(18)11-15(13)16/h7-8,11-12,16,18H,4-6,9-10H2,1-3H3. The normalized spacial score (nSPS) is 19.3. The number of phenols is 1. The highest BCUT2D eigenvalue weighted by Crippen LogP contribution is 2.35. The van der Waals surface area contributed by atoms with Gasteiger partial charge in [0.2, 0.25) is 0 Å². The van der Waals surface area contributed by atoms with Crippen molar-refractivity contribution in [3.63, 3.8) is 0 Å². The number of fused-ring (bicyclic) bond motifs is 1. The van der Waals surface area contributed by atoms with Crippen LogP contribution in [0, 0.1) is 5.92 Å². The lowest BCUT2D eigenvalue weighted by Gasteiger charge is -2.33. The van der Waals surface area contributed by atoms with Gasteiger partial charge in [-0.15, -0.1) is 0 Å². The first kappa shape index (κ1) is 13.4. The molecule has 1 aromatic carbocycles. The Morgan fingerprint density at radius 3 is 2.89 bits per heavy atom. The minimum absolute atomic E-state index is 0.401. The Balaban J connectivity index is 2.13. The van der Waals surface area contributed by atoms with Crippen LogP contribution in [0.5, 0.6) is 5.75 Å². The van der Waals surface area contributed by atoms with Crippen molar-refractivity contribution in [3.8, 4) is 5.75 Å². The van der Waals surface area contributed by atoms with Gasteiger partial charge in [0.15, 0.2) is 0 Å². The van der Waals surface area contributed by atoms with Gasteiger partial charge in [0.25, 0.3) is 0 Å². The predicted octanol–water partition coefficient (Wildman–Crippen LogP) is 3.75. The third-order valence-electron chi connectivity index (χ3n) is 4.00. The lowest BCUT2D eigenvalue weighted by atomic mass is 9.86.